The molecule has 2 atom stereocenters. The van der Waals surface area contributed by atoms with Gasteiger partial charge in [-0.2, -0.15) is 0 Å². The van der Waals surface area contributed by atoms with Crippen LogP contribution in [0.3, 0.4) is 0 Å². The zero-order valence-electron chi connectivity index (χ0n) is 10.9. The van der Waals surface area contributed by atoms with Gasteiger partial charge in [0.1, 0.15) is 11.9 Å². The van der Waals surface area contributed by atoms with Crippen LogP contribution in [0.4, 0.5) is 0 Å². The highest BCUT2D eigenvalue weighted by atomic mass is 35.5. The van der Waals surface area contributed by atoms with Crippen LogP contribution >= 0.6 is 22.9 Å². The van der Waals surface area contributed by atoms with Crippen molar-refractivity contribution in [1.82, 2.24) is 0 Å². The van der Waals surface area contributed by atoms with Gasteiger partial charge in [0, 0.05) is 38.4 Å². The van der Waals surface area contributed by atoms with Crippen LogP contribution in [0.25, 0.3) is 0 Å². The van der Waals surface area contributed by atoms with Crippen LogP contribution in [-0.4, -0.2) is 0 Å². The molecular formula is C15H16ClNOS. The smallest absolute Gasteiger partial charge is 0.127 e. The molecule has 0 spiro atoms. The van der Waals surface area contributed by atoms with Crippen molar-refractivity contribution in [2.24, 2.45) is 5.73 Å². The van der Waals surface area contributed by atoms with Crippen LogP contribution in [0, 0.1) is 13.8 Å². The standard InChI is InChI=1S/C15H16ClNOS/c1-8-5-11(9(2)19-8)15-7-13(17)12-6-10(16)3-4-14(12)18-15/h3-6,13,15H,7,17H2,1-2H3/t13-,15?/m1/s1. The van der Waals surface area contributed by atoms with Gasteiger partial charge >= 0.3 is 0 Å². The largest absolute Gasteiger partial charge is 0.485 e. The molecule has 0 aliphatic carbocycles. The first-order chi connectivity index (χ1) is 9.04. The summed E-state index contributed by atoms with van der Waals surface area (Å²) in [5, 5.41) is 0.707. The van der Waals surface area contributed by atoms with Crippen LogP contribution in [0.15, 0.2) is 24.3 Å². The lowest BCUT2D eigenvalue weighted by atomic mass is 9.94. The van der Waals surface area contributed by atoms with Gasteiger partial charge in [0.2, 0.25) is 0 Å². The lowest BCUT2D eigenvalue weighted by Crippen LogP contribution is -2.24. The van der Waals surface area contributed by atoms with Crippen LogP contribution in [-0.2, 0) is 0 Å². The molecule has 1 aliphatic rings. The molecule has 0 saturated carbocycles. The molecule has 2 aromatic rings. The second-order valence-electron chi connectivity index (χ2n) is 5.00. The zero-order valence-corrected chi connectivity index (χ0v) is 12.5. The maximum Gasteiger partial charge on any atom is 0.127 e. The molecule has 19 heavy (non-hydrogen) atoms. The van der Waals surface area contributed by atoms with E-state index in [4.69, 9.17) is 22.1 Å². The van der Waals surface area contributed by atoms with Gasteiger partial charge in [0.05, 0.1) is 0 Å². The lowest BCUT2D eigenvalue weighted by Gasteiger charge is -2.30. The van der Waals surface area contributed by atoms with Crippen LogP contribution in [0.2, 0.25) is 5.02 Å². The summed E-state index contributed by atoms with van der Waals surface area (Å²) in [7, 11) is 0. The number of hydrogen-bond acceptors (Lipinski definition) is 3. The quantitative estimate of drug-likeness (QED) is 0.837. The Kier molecular flexibility index (Phi) is 3.29. The Balaban J connectivity index is 1.97. The molecule has 1 aromatic heterocycles. The summed E-state index contributed by atoms with van der Waals surface area (Å²) in [6.45, 7) is 4.26. The summed E-state index contributed by atoms with van der Waals surface area (Å²) in [6.07, 6.45) is 0.846. The molecule has 1 aliphatic heterocycles. The first-order valence-corrected chi connectivity index (χ1v) is 7.52. The van der Waals surface area contributed by atoms with Gasteiger partial charge in [-0.3, -0.25) is 0 Å². The summed E-state index contributed by atoms with van der Waals surface area (Å²) in [4.78, 5) is 2.62. The van der Waals surface area contributed by atoms with Gasteiger partial charge in [0.15, 0.2) is 0 Å². The van der Waals surface area contributed by atoms with Crippen molar-refractivity contribution in [1.29, 1.82) is 0 Å². The van der Waals surface area contributed by atoms with E-state index in [-0.39, 0.29) is 12.1 Å². The molecule has 0 saturated heterocycles. The summed E-state index contributed by atoms with van der Waals surface area (Å²) < 4.78 is 6.11. The minimum Gasteiger partial charge on any atom is -0.485 e. The number of benzene rings is 1. The summed E-state index contributed by atoms with van der Waals surface area (Å²) in [6, 6.07) is 7.86. The van der Waals surface area contributed by atoms with Crippen molar-refractivity contribution in [2.75, 3.05) is 0 Å². The Morgan fingerprint density at radius 3 is 2.74 bits per heavy atom. The minimum absolute atomic E-state index is 0.0212. The molecule has 0 radical (unpaired) electrons. The molecule has 100 valence electrons. The van der Waals surface area contributed by atoms with Gasteiger partial charge in [-0.15, -0.1) is 11.3 Å². The van der Waals surface area contributed by atoms with E-state index in [1.54, 1.807) is 11.3 Å². The number of fused-ring (bicyclic) bond motifs is 1. The molecule has 0 bridgehead atoms. The van der Waals surface area contributed by atoms with Gasteiger partial charge in [-0.05, 0) is 38.1 Å². The van der Waals surface area contributed by atoms with Crippen molar-refractivity contribution in [3.63, 3.8) is 0 Å². The number of thiophene rings is 1. The minimum atomic E-state index is -0.0212. The van der Waals surface area contributed by atoms with Crippen LogP contribution in [0.1, 0.15) is 39.4 Å². The number of aryl methyl sites for hydroxylation is 2. The summed E-state index contributed by atoms with van der Waals surface area (Å²) in [5.41, 5.74) is 8.53. The van der Waals surface area contributed by atoms with Gasteiger partial charge in [0.25, 0.3) is 0 Å². The van der Waals surface area contributed by atoms with E-state index in [1.165, 1.54) is 15.3 Å². The molecule has 1 aromatic carbocycles. The van der Waals surface area contributed by atoms with Crippen molar-refractivity contribution in [3.8, 4) is 5.75 Å². The average molecular weight is 294 g/mol. The molecule has 0 amide bonds. The topological polar surface area (TPSA) is 35.2 Å². The predicted octanol–water partition coefficient (Wildman–Crippen LogP) is 4.54. The first-order valence-electron chi connectivity index (χ1n) is 6.33. The fraction of sp³-hybridized carbons (Fsp3) is 0.333. The van der Waals surface area contributed by atoms with Crippen molar-refractivity contribution >= 4 is 22.9 Å². The number of ether oxygens (including phenoxy) is 1. The van der Waals surface area contributed by atoms with Crippen LogP contribution < -0.4 is 10.5 Å². The molecule has 2 N–H and O–H groups in total. The van der Waals surface area contributed by atoms with E-state index in [2.05, 4.69) is 19.9 Å². The fourth-order valence-electron chi connectivity index (χ4n) is 2.64. The molecule has 0 fully saturated rings. The Bertz CT molecular complexity index is 623. The fourth-order valence-corrected chi connectivity index (χ4v) is 3.79. The van der Waals surface area contributed by atoms with E-state index in [1.807, 2.05) is 18.2 Å². The first kappa shape index (κ1) is 13.0. The highest BCUT2D eigenvalue weighted by Gasteiger charge is 2.28. The van der Waals surface area contributed by atoms with E-state index in [0.717, 1.165) is 17.7 Å². The van der Waals surface area contributed by atoms with E-state index >= 15 is 0 Å². The average Bonchev–Trinajstić information content (AvgIpc) is 2.69. The maximum atomic E-state index is 6.26. The maximum absolute atomic E-state index is 6.26. The van der Waals surface area contributed by atoms with Gasteiger partial charge in [-0.25, -0.2) is 0 Å². The Labute approximate surface area is 122 Å². The second-order valence-corrected chi connectivity index (χ2v) is 6.90. The molecule has 4 heteroatoms. The Hall–Kier alpha value is -1.03. The lowest BCUT2D eigenvalue weighted by molar-refractivity contribution is 0.161. The third kappa shape index (κ3) is 2.38. The summed E-state index contributed by atoms with van der Waals surface area (Å²) >= 11 is 7.82. The molecule has 1 unspecified atom stereocenters. The van der Waals surface area contributed by atoms with E-state index in [9.17, 15) is 0 Å². The number of hydrogen-bond donors (Lipinski definition) is 1. The molecule has 2 heterocycles. The predicted molar refractivity (Wildman–Crippen MR) is 80.2 cm³/mol. The van der Waals surface area contributed by atoms with Gasteiger partial charge in [-0.1, -0.05) is 11.6 Å². The van der Waals surface area contributed by atoms with Gasteiger partial charge < -0.3 is 10.5 Å². The third-order valence-electron chi connectivity index (χ3n) is 3.53. The molecular weight excluding hydrogens is 278 g/mol. The van der Waals surface area contributed by atoms with Crippen molar-refractivity contribution in [3.05, 3.63) is 50.2 Å². The summed E-state index contributed by atoms with van der Waals surface area (Å²) in [5.74, 6) is 0.858. The highest BCUT2D eigenvalue weighted by Crippen LogP contribution is 2.42. The second kappa shape index (κ2) is 4.82. The SMILES string of the molecule is Cc1cc(C2C[C@@H](N)c3cc(Cl)ccc3O2)c(C)s1. The normalized spacial score (nSPS) is 21.9. The Morgan fingerprint density at radius 2 is 2.05 bits per heavy atom. The van der Waals surface area contributed by atoms with Crippen molar-refractivity contribution in [2.45, 2.75) is 32.4 Å². The van der Waals surface area contributed by atoms with Crippen molar-refractivity contribution < 1.29 is 4.74 Å². The number of nitrogens with two attached hydrogens (primary N) is 1. The molecule has 2 nitrogen and oxygen atoms in total. The highest BCUT2D eigenvalue weighted by molar-refractivity contribution is 7.12. The zero-order chi connectivity index (χ0) is 13.6. The van der Waals surface area contributed by atoms with Crippen LogP contribution in [0.5, 0.6) is 5.75 Å². The Morgan fingerprint density at radius 1 is 1.26 bits per heavy atom. The van der Waals surface area contributed by atoms with E-state index < -0.39 is 0 Å². The molecule has 3 rings (SSSR count). The van der Waals surface area contributed by atoms with E-state index in [0.29, 0.717) is 5.02 Å². The monoisotopic (exact) mass is 293 g/mol. The number of halogens is 1. The number of rotatable bonds is 1. The third-order valence-corrected chi connectivity index (χ3v) is 4.75.